The number of guanidine groups is 1. The van der Waals surface area contributed by atoms with Crippen LogP contribution in [-0.2, 0) is 0 Å². The standard InChI is InChI=1S/C22H30N4O/c1-16-12-17(2)14-18(13-16)25-22(23)24-15-20(26-10-6-7-11-26)19-8-4-5-9-21(19)27-3/h4-5,8-9,12-14,20H,6-7,10-11,15H2,1-3H3,(H3,23,24,25). The third-order valence-corrected chi connectivity index (χ3v) is 5.01. The van der Waals surface area contributed by atoms with E-state index < -0.39 is 0 Å². The van der Waals surface area contributed by atoms with Gasteiger partial charge in [-0.3, -0.25) is 9.89 Å². The highest BCUT2D eigenvalue weighted by Crippen LogP contribution is 2.31. The fourth-order valence-electron chi connectivity index (χ4n) is 3.82. The quantitative estimate of drug-likeness (QED) is 0.602. The van der Waals surface area contributed by atoms with Crippen LogP contribution < -0.4 is 15.8 Å². The van der Waals surface area contributed by atoms with Gasteiger partial charge >= 0.3 is 0 Å². The van der Waals surface area contributed by atoms with Crippen molar-refractivity contribution in [3.05, 3.63) is 59.2 Å². The summed E-state index contributed by atoms with van der Waals surface area (Å²) in [4.78, 5) is 7.14. The van der Waals surface area contributed by atoms with E-state index in [2.05, 4.69) is 59.4 Å². The number of rotatable bonds is 6. The first-order valence-corrected chi connectivity index (χ1v) is 9.59. The van der Waals surface area contributed by atoms with Crippen molar-refractivity contribution in [1.82, 2.24) is 4.90 Å². The predicted molar refractivity (Wildman–Crippen MR) is 113 cm³/mol. The molecule has 144 valence electrons. The van der Waals surface area contributed by atoms with Crippen LogP contribution in [0.4, 0.5) is 5.69 Å². The summed E-state index contributed by atoms with van der Waals surface area (Å²) in [6, 6.07) is 14.7. The van der Waals surface area contributed by atoms with E-state index in [-0.39, 0.29) is 6.04 Å². The molecule has 1 aliphatic heterocycles. The molecule has 3 N–H and O–H groups in total. The van der Waals surface area contributed by atoms with Crippen LogP contribution in [0.1, 0.15) is 35.6 Å². The molecule has 0 saturated carbocycles. The van der Waals surface area contributed by atoms with Crippen LogP contribution in [0.3, 0.4) is 0 Å². The lowest BCUT2D eigenvalue weighted by molar-refractivity contribution is 0.245. The van der Waals surface area contributed by atoms with Crippen LogP contribution >= 0.6 is 0 Å². The maximum atomic E-state index is 6.19. The van der Waals surface area contributed by atoms with Crippen LogP contribution in [0.15, 0.2) is 47.5 Å². The average molecular weight is 367 g/mol. The van der Waals surface area contributed by atoms with Gasteiger partial charge in [0.25, 0.3) is 0 Å². The number of methoxy groups -OCH3 is 1. The molecule has 0 amide bonds. The molecule has 0 radical (unpaired) electrons. The normalized spacial score (nSPS) is 16.3. The number of nitrogens with two attached hydrogens (primary N) is 1. The first-order valence-electron chi connectivity index (χ1n) is 9.59. The first-order chi connectivity index (χ1) is 13.1. The Bertz CT molecular complexity index is 776. The lowest BCUT2D eigenvalue weighted by Crippen LogP contribution is -2.30. The summed E-state index contributed by atoms with van der Waals surface area (Å²) in [5.41, 5.74) is 10.7. The van der Waals surface area contributed by atoms with Crippen molar-refractivity contribution < 1.29 is 4.74 Å². The van der Waals surface area contributed by atoms with E-state index in [9.17, 15) is 0 Å². The topological polar surface area (TPSA) is 62.9 Å². The van der Waals surface area contributed by atoms with Crippen LogP contribution in [-0.4, -0.2) is 37.6 Å². The minimum absolute atomic E-state index is 0.170. The second-order valence-corrected chi connectivity index (χ2v) is 7.23. The van der Waals surface area contributed by atoms with Gasteiger partial charge in [-0.05, 0) is 69.1 Å². The number of aliphatic imine (C=N–C) groups is 1. The summed E-state index contributed by atoms with van der Waals surface area (Å²) in [5.74, 6) is 1.35. The predicted octanol–water partition coefficient (Wildman–Crippen LogP) is 3.88. The molecular weight excluding hydrogens is 336 g/mol. The van der Waals surface area contributed by atoms with Crippen LogP contribution in [0.5, 0.6) is 5.75 Å². The fourth-order valence-corrected chi connectivity index (χ4v) is 3.82. The minimum Gasteiger partial charge on any atom is -0.496 e. The van der Waals surface area contributed by atoms with Crippen molar-refractivity contribution in [2.45, 2.75) is 32.7 Å². The van der Waals surface area contributed by atoms with Crippen molar-refractivity contribution in [3.8, 4) is 5.75 Å². The van der Waals surface area contributed by atoms with Gasteiger partial charge in [-0.2, -0.15) is 0 Å². The molecule has 1 fully saturated rings. The summed E-state index contributed by atoms with van der Waals surface area (Å²) < 4.78 is 5.59. The largest absolute Gasteiger partial charge is 0.496 e. The average Bonchev–Trinajstić information content (AvgIpc) is 3.16. The number of hydrogen-bond donors (Lipinski definition) is 2. The van der Waals surface area contributed by atoms with Crippen LogP contribution in [0.25, 0.3) is 0 Å². The molecule has 0 spiro atoms. The van der Waals surface area contributed by atoms with E-state index in [1.54, 1.807) is 7.11 Å². The summed E-state index contributed by atoms with van der Waals surface area (Å²) in [6.45, 7) is 6.93. The molecule has 2 aromatic carbocycles. The van der Waals surface area contributed by atoms with E-state index in [4.69, 9.17) is 10.5 Å². The molecule has 1 unspecified atom stereocenters. The number of nitrogens with one attached hydrogen (secondary N) is 1. The van der Waals surface area contributed by atoms with E-state index in [1.165, 1.54) is 29.5 Å². The van der Waals surface area contributed by atoms with Gasteiger partial charge in [0.2, 0.25) is 0 Å². The maximum absolute atomic E-state index is 6.19. The van der Waals surface area contributed by atoms with E-state index in [1.807, 2.05) is 12.1 Å². The van der Waals surface area contributed by atoms with Gasteiger partial charge < -0.3 is 15.8 Å². The molecule has 5 heteroatoms. The SMILES string of the molecule is COc1ccccc1C(CN=C(N)Nc1cc(C)cc(C)c1)N1CCCC1. The van der Waals surface area contributed by atoms with E-state index >= 15 is 0 Å². The van der Waals surface area contributed by atoms with Crippen LogP contribution in [0.2, 0.25) is 0 Å². The fraction of sp³-hybridized carbons (Fsp3) is 0.409. The first kappa shape index (κ1) is 19.2. The molecule has 2 aromatic rings. The summed E-state index contributed by atoms with van der Waals surface area (Å²) in [5, 5.41) is 3.23. The number of hydrogen-bond acceptors (Lipinski definition) is 3. The van der Waals surface area contributed by atoms with Gasteiger partial charge in [-0.15, -0.1) is 0 Å². The number of nitrogens with zero attached hydrogens (tertiary/aromatic N) is 2. The third-order valence-electron chi connectivity index (χ3n) is 5.01. The lowest BCUT2D eigenvalue weighted by atomic mass is 10.0. The Hall–Kier alpha value is -2.53. The Balaban J connectivity index is 1.78. The van der Waals surface area contributed by atoms with Crippen molar-refractivity contribution >= 4 is 11.6 Å². The Morgan fingerprint density at radius 3 is 2.48 bits per heavy atom. The summed E-state index contributed by atoms with van der Waals surface area (Å²) >= 11 is 0. The number of aryl methyl sites for hydroxylation is 2. The Kier molecular flexibility index (Phi) is 6.35. The molecule has 1 aliphatic rings. The molecule has 0 bridgehead atoms. The molecule has 1 heterocycles. The number of para-hydroxylation sites is 1. The monoisotopic (exact) mass is 366 g/mol. The van der Waals surface area contributed by atoms with Gasteiger partial charge in [0.05, 0.1) is 19.7 Å². The molecule has 1 atom stereocenters. The minimum atomic E-state index is 0.170. The Morgan fingerprint density at radius 1 is 1.15 bits per heavy atom. The zero-order valence-corrected chi connectivity index (χ0v) is 16.5. The molecule has 5 nitrogen and oxygen atoms in total. The highest BCUT2D eigenvalue weighted by Gasteiger charge is 2.25. The molecule has 0 aliphatic carbocycles. The third kappa shape index (κ3) is 5.01. The zero-order chi connectivity index (χ0) is 19.2. The zero-order valence-electron chi connectivity index (χ0n) is 16.5. The second kappa shape index (κ2) is 8.91. The van der Waals surface area contributed by atoms with Crippen molar-refractivity contribution in [3.63, 3.8) is 0 Å². The van der Waals surface area contributed by atoms with Gasteiger partial charge in [0.1, 0.15) is 5.75 Å². The Morgan fingerprint density at radius 2 is 1.81 bits per heavy atom. The smallest absolute Gasteiger partial charge is 0.193 e. The number of ether oxygens (including phenoxy) is 1. The highest BCUT2D eigenvalue weighted by atomic mass is 16.5. The second-order valence-electron chi connectivity index (χ2n) is 7.23. The van der Waals surface area contributed by atoms with Crippen molar-refractivity contribution in [2.75, 3.05) is 32.1 Å². The Labute approximate surface area is 162 Å². The van der Waals surface area contributed by atoms with Crippen molar-refractivity contribution in [1.29, 1.82) is 0 Å². The number of anilines is 1. The van der Waals surface area contributed by atoms with E-state index in [0.29, 0.717) is 12.5 Å². The molecule has 3 rings (SSSR count). The molecular formula is C22H30N4O. The maximum Gasteiger partial charge on any atom is 0.193 e. The molecule has 1 saturated heterocycles. The van der Waals surface area contributed by atoms with Gasteiger partial charge in [0.15, 0.2) is 5.96 Å². The number of likely N-dealkylation sites (tertiary alicyclic amines) is 1. The van der Waals surface area contributed by atoms with E-state index in [0.717, 1.165) is 24.5 Å². The van der Waals surface area contributed by atoms with Gasteiger partial charge in [-0.25, -0.2) is 0 Å². The summed E-state index contributed by atoms with van der Waals surface area (Å²) in [7, 11) is 1.72. The van der Waals surface area contributed by atoms with Crippen LogP contribution in [0, 0.1) is 13.8 Å². The molecule has 27 heavy (non-hydrogen) atoms. The highest BCUT2D eigenvalue weighted by molar-refractivity contribution is 5.92. The van der Waals surface area contributed by atoms with Gasteiger partial charge in [0, 0.05) is 11.3 Å². The van der Waals surface area contributed by atoms with Crippen molar-refractivity contribution in [2.24, 2.45) is 10.7 Å². The lowest BCUT2D eigenvalue weighted by Gasteiger charge is -2.28. The summed E-state index contributed by atoms with van der Waals surface area (Å²) in [6.07, 6.45) is 2.46. The number of benzene rings is 2. The van der Waals surface area contributed by atoms with Gasteiger partial charge in [-0.1, -0.05) is 24.3 Å². The molecule has 0 aromatic heterocycles.